The van der Waals surface area contributed by atoms with E-state index in [0.717, 1.165) is 13.0 Å². The Morgan fingerprint density at radius 1 is 1.47 bits per heavy atom. The molecular formula is C12H18ClN3O. The number of nitrogens with zero attached hydrogens (tertiary/aromatic N) is 1. The molecule has 0 bridgehead atoms. The largest absolute Gasteiger partial charge is 0.493 e. The number of rotatable bonds is 6. The van der Waals surface area contributed by atoms with Gasteiger partial charge in [-0.15, -0.1) is 0 Å². The molecule has 0 saturated carbocycles. The summed E-state index contributed by atoms with van der Waals surface area (Å²) in [4.78, 5) is 2.09. The van der Waals surface area contributed by atoms with E-state index < -0.39 is 0 Å². The minimum atomic E-state index is -0.00993. The van der Waals surface area contributed by atoms with Crippen LogP contribution < -0.4 is 10.5 Å². The maximum atomic E-state index is 7.44. The van der Waals surface area contributed by atoms with Gasteiger partial charge in [0.15, 0.2) is 0 Å². The molecule has 17 heavy (non-hydrogen) atoms. The second-order valence-corrected chi connectivity index (χ2v) is 4.50. The Morgan fingerprint density at radius 2 is 2.18 bits per heavy atom. The highest BCUT2D eigenvalue weighted by Gasteiger charge is 2.07. The lowest BCUT2D eigenvalue weighted by atomic mass is 10.2. The van der Waals surface area contributed by atoms with Crippen LogP contribution in [-0.2, 0) is 0 Å². The number of ether oxygens (including phenoxy) is 1. The zero-order valence-corrected chi connectivity index (χ0v) is 10.9. The van der Waals surface area contributed by atoms with Crippen LogP contribution in [-0.4, -0.2) is 38.0 Å². The number of nitrogen functional groups attached to an aromatic ring is 1. The highest BCUT2D eigenvalue weighted by molar-refractivity contribution is 6.30. The number of benzene rings is 1. The fourth-order valence-corrected chi connectivity index (χ4v) is 1.56. The van der Waals surface area contributed by atoms with E-state index in [1.54, 1.807) is 18.2 Å². The summed E-state index contributed by atoms with van der Waals surface area (Å²) < 4.78 is 5.60. The molecule has 0 aliphatic rings. The monoisotopic (exact) mass is 255 g/mol. The van der Waals surface area contributed by atoms with Gasteiger partial charge in [-0.2, -0.15) is 0 Å². The second-order valence-electron chi connectivity index (χ2n) is 4.06. The quantitative estimate of drug-likeness (QED) is 0.464. The minimum absolute atomic E-state index is 0.00993. The van der Waals surface area contributed by atoms with Crippen molar-refractivity contribution >= 4 is 17.4 Å². The molecule has 0 heterocycles. The lowest BCUT2D eigenvalue weighted by Crippen LogP contribution is -2.17. The van der Waals surface area contributed by atoms with E-state index in [9.17, 15) is 0 Å². The van der Waals surface area contributed by atoms with Gasteiger partial charge in [0.2, 0.25) is 0 Å². The summed E-state index contributed by atoms with van der Waals surface area (Å²) in [7, 11) is 4.03. The molecule has 0 unspecified atom stereocenters. The molecule has 1 aromatic carbocycles. The molecule has 0 aliphatic carbocycles. The van der Waals surface area contributed by atoms with Gasteiger partial charge in [0.1, 0.15) is 11.6 Å². The molecule has 5 heteroatoms. The first-order valence-electron chi connectivity index (χ1n) is 5.42. The Labute approximate surface area is 107 Å². The van der Waals surface area contributed by atoms with Gasteiger partial charge < -0.3 is 15.4 Å². The fourth-order valence-electron chi connectivity index (χ4n) is 1.40. The van der Waals surface area contributed by atoms with Crippen LogP contribution in [0.4, 0.5) is 0 Å². The van der Waals surface area contributed by atoms with Crippen LogP contribution in [0.25, 0.3) is 0 Å². The summed E-state index contributed by atoms with van der Waals surface area (Å²) in [6.07, 6.45) is 0.914. The Hall–Kier alpha value is -1.26. The van der Waals surface area contributed by atoms with Gasteiger partial charge in [0.05, 0.1) is 12.2 Å². The smallest absolute Gasteiger partial charge is 0.131 e. The van der Waals surface area contributed by atoms with Gasteiger partial charge in [0.25, 0.3) is 0 Å². The van der Waals surface area contributed by atoms with E-state index in [1.165, 1.54) is 0 Å². The van der Waals surface area contributed by atoms with Crippen molar-refractivity contribution < 1.29 is 4.74 Å². The lowest BCUT2D eigenvalue weighted by molar-refractivity contribution is 0.281. The van der Waals surface area contributed by atoms with Crippen LogP contribution in [0.1, 0.15) is 12.0 Å². The first-order valence-corrected chi connectivity index (χ1v) is 5.80. The van der Waals surface area contributed by atoms with Gasteiger partial charge in [-0.3, -0.25) is 5.41 Å². The van der Waals surface area contributed by atoms with Crippen molar-refractivity contribution in [2.75, 3.05) is 27.2 Å². The van der Waals surface area contributed by atoms with Crippen LogP contribution in [0.2, 0.25) is 5.02 Å². The maximum Gasteiger partial charge on any atom is 0.131 e. The summed E-state index contributed by atoms with van der Waals surface area (Å²) in [5.74, 6) is 0.563. The molecule has 1 aromatic rings. The zero-order valence-electron chi connectivity index (χ0n) is 10.2. The first kappa shape index (κ1) is 13.8. The predicted octanol–water partition coefficient (Wildman–Crippen LogP) is 1.95. The molecule has 3 N–H and O–H groups in total. The van der Waals surface area contributed by atoms with Crippen molar-refractivity contribution in [1.82, 2.24) is 4.90 Å². The van der Waals surface area contributed by atoms with Crippen molar-refractivity contribution in [2.45, 2.75) is 6.42 Å². The summed E-state index contributed by atoms with van der Waals surface area (Å²) >= 11 is 5.89. The summed E-state index contributed by atoms with van der Waals surface area (Å²) in [6.45, 7) is 1.54. The van der Waals surface area contributed by atoms with Crippen molar-refractivity contribution in [1.29, 1.82) is 5.41 Å². The SMILES string of the molecule is CN(C)CCCOc1cc(Cl)ccc1C(=N)N. The number of amidine groups is 1. The van der Waals surface area contributed by atoms with Crippen LogP contribution in [0.3, 0.4) is 0 Å². The van der Waals surface area contributed by atoms with Crippen LogP contribution in [0, 0.1) is 5.41 Å². The third-order valence-corrected chi connectivity index (χ3v) is 2.48. The molecule has 0 fully saturated rings. The third-order valence-electron chi connectivity index (χ3n) is 2.24. The van der Waals surface area contributed by atoms with E-state index >= 15 is 0 Å². The Kier molecular flexibility index (Phi) is 5.25. The molecule has 0 amide bonds. The molecule has 4 nitrogen and oxygen atoms in total. The van der Waals surface area contributed by atoms with E-state index in [4.69, 9.17) is 27.5 Å². The number of halogens is 1. The van der Waals surface area contributed by atoms with Gasteiger partial charge >= 0.3 is 0 Å². The predicted molar refractivity (Wildman–Crippen MR) is 71.1 cm³/mol. The molecule has 1 rings (SSSR count). The molecule has 0 aliphatic heterocycles. The summed E-state index contributed by atoms with van der Waals surface area (Å²) in [5.41, 5.74) is 6.05. The standard InChI is InChI=1S/C12H18ClN3O/c1-16(2)6-3-7-17-11-8-9(13)4-5-10(11)12(14)15/h4-5,8H,3,6-7H2,1-2H3,(H3,14,15). The van der Waals surface area contributed by atoms with Gasteiger partial charge in [-0.25, -0.2) is 0 Å². The molecule has 0 saturated heterocycles. The number of nitrogens with two attached hydrogens (primary N) is 1. The van der Waals surface area contributed by atoms with Crippen LogP contribution in [0.5, 0.6) is 5.75 Å². The highest BCUT2D eigenvalue weighted by atomic mass is 35.5. The van der Waals surface area contributed by atoms with Gasteiger partial charge in [-0.1, -0.05) is 11.6 Å². The molecule has 0 spiro atoms. The fraction of sp³-hybridized carbons (Fsp3) is 0.417. The van der Waals surface area contributed by atoms with Crippen molar-refractivity contribution in [3.63, 3.8) is 0 Å². The van der Waals surface area contributed by atoms with E-state index in [-0.39, 0.29) is 5.84 Å². The van der Waals surface area contributed by atoms with Crippen molar-refractivity contribution in [3.8, 4) is 5.75 Å². The van der Waals surface area contributed by atoms with E-state index in [2.05, 4.69) is 4.90 Å². The number of hydrogen-bond acceptors (Lipinski definition) is 3. The summed E-state index contributed by atoms with van der Waals surface area (Å²) in [6, 6.07) is 5.09. The van der Waals surface area contributed by atoms with Crippen molar-refractivity contribution in [2.24, 2.45) is 5.73 Å². The Balaban J connectivity index is 2.62. The first-order chi connectivity index (χ1) is 8.00. The van der Waals surface area contributed by atoms with E-state index in [0.29, 0.717) is 22.9 Å². The normalized spacial score (nSPS) is 10.6. The third kappa shape index (κ3) is 4.63. The second kappa shape index (κ2) is 6.47. The average Bonchev–Trinajstić information content (AvgIpc) is 2.23. The number of hydrogen-bond donors (Lipinski definition) is 2. The molecule has 0 aromatic heterocycles. The molecule has 0 radical (unpaired) electrons. The average molecular weight is 256 g/mol. The minimum Gasteiger partial charge on any atom is -0.493 e. The van der Waals surface area contributed by atoms with Gasteiger partial charge in [-0.05, 0) is 38.7 Å². The molecule has 94 valence electrons. The van der Waals surface area contributed by atoms with E-state index in [1.807, 2.05) is 14.1 Å². The molecular weight excluding hydrogens is 238 g/mol. The zero-order chi connectivity index (χ0) is 12.8. The number of nitrogens with one attached hydrogen (secondary N) is 1. The summed E-state index contributed by atoms with van der Waals surface area (Å²) in [5, 5.41) is 8.02. The van der Waals surface area contributed by atoms with Crippen molar-refractivity contribution in [3.05, 3.63) is 28.8 Å². The van der Waals surface area contributed by atoms with Crippen LogP contribution in [0.15, 0.2) is 18.2 Å². The highest BCUT2D eigenvalue weighted by Crippen LogP contribution is 2.23. The Morgan fingerprint density at radius 3 is 2.76 bits per heavy atom. The lowest BCUT2D eigenvalue weighted by Gasteiger charge is -2.13. The maximum absolute atomic E-state index is 7.44. The topological polar surface area (TPSA) is 62.3 Å². The Bertz CT molecular complexity index is 393. The molecule has 0 atom stereocenters. The van der Waals surface area contributed by atoms with Gasteiger partial charge in [0, 0.05) is 11.6 Å². The van der Waals surface area contributed by atoms with Crippen LogP contribution >= 0.6 is 11.6 Å².